The van der Waals surface area contributed by atoms with E-state index in [1.807, 2.05) is 0 Å². The first kappa shape index (κ1) is 10.4. The Hall–Kier alpha value is -0.700. The fourth-order valence-electron chi connectivity index (χ4n) is 1.23. The number of carbonyl (C=O) groups excluding carboxylic acids is 1. The Morgan fingerprint density at radius 2 is 2.23 bits per heavy atom. The van der Waals surface area contributed by atoms with E-state index >= 15 is 0 Å². The lowest BCUT2D eigenvalue weighted by Gasteiger charge is -2.10. The number of carbonyl (C=O) groups is 1. The first-order chi connectivity index (χ1) is 6.11. The molecule has 1 aliphatic carbocycles. The van der Waals surface area contributed by atoms with Crippen LogP contribution < -0.4 is 0 Å². The van der Waals surface area contributed by atoms with E-state index in [0.29, 0.717) is 18.4 Å². The zero-order chi connectivity index (χ0) is 9.84. The summed E-state index contributed by atoms with van der Waals surface area (Å²) in [4.78, 5) is 10.4. The van der Waals surface area contributed by atoms with Crippen LogP contribution in [0, 0.1) is 0 Å². The lowest BCUT2D eigenvalue weighted by atomic mass is 9.99. The maximum Gasteiger partial charge on any atom is 0.221 e. The SMILES string of the molecule is O=C(Cl)CCC1=C(F)C(F)=CCC1. The Morgan fingerprint density at radius 3 is 2.85 bits per heavy atom. The number of rotatable bonds is 3. The smallest absolute Gasteiger partial charge is 0.221 e. The number of allylic oxidation sites excluding steroid dienone is 4. The van der Waals surface area contributed by atoms with Gasteiger partial charge >= 0.3 is 0 Å². The summed E-state index contributed by atoms with van der Waals surface area (Å²) in [6.07, 6.45) is 2.46. The third-order valence-electron chi connectivity index (χ3n) is 1.91. The number of hydrogen-bond acceptors (Lipinski definition) is 1. The minimum absolute atomic E-state index is 0.0671. The summed E-state index contributed by atoms with van der Waals surface area (Å²) in [5, 5.41) is -0.518. The highest BCUT2D eigenvalue weighted by atomic mass is 35.5. The van der Waals surface area contributed by atoms with Crippen LogP contribution in [0.3, 0.4) is 0 Å². The number of hydrogen-bond donors (Lipinski definition) is 0. The average Bonchev–Trinajstić information content (AvgIpc) is 2.07. The predicted molar refractivity (Wildman–Crippen MR) is 46.7 cm³/mol. The monoisotopic (exact) mass is 206 g/mol. The average molecular weight is 207 g/mol. The molecule has 1 nitrogen and oxygen atoms in total. The molecule has 0 radical (unpaired) electrons. The van der Waals surface area contributed by atoms with Gasteiger partial charge in [-0.1, -0.05) is 0 Å². The fourth-order valence-corrected chi connectivity index (χ4v) is 1.32. The summed E-state index contributed by atoms with van der Waals surface area (Å²) in [7, 11) is 0. The van der Waals surface area contributed by atoms with Gasteiger partial charge in [0.25, 0.3) is 0 Å². The molecule has 4 heteroatoms. The largest absolute Gasteiger partial charge is 0.281 e. The lowest BCUT2D eigenvalue weighted by Crippen LogP contribution is -1.97. The second kappa shape index (κ2) is 4.51. The van der Waals surface area contributed by atoms with Crippen molar-refractivity contribution in [3.8, 4) is 0 Å². The van der Waals surface area contributed by atoms with Gasteiger partial charge in [0.15, 0.2) is 11.7 Å². The molecule has 0 aromatic carbocycles. The molecule has 13 heavy (non-hydrogen) atoms. The molecule has 0 unspecified atom stereocenters. The molecule has 0 heterocycles. The van der Waals surface area contributed by atoms with Gasteiger partial charge in [0.1, 0.15) is 0 Å². The molecule has 72 valence electrons. The van der Waals surface area contributed by atoms with Crippen LogP contribution in [-0.4, -0.2) is 5.24 Å². The van der Waals surface area contributed by atoms with Crippen molar-refractivity contribution in [3.05, 3.63) is 23.3 Å². The zero-order valence-corrected chi connectivity index (χ0v) is 7.70. The summed E-state index contributed by atoms with van der Waals surface area (Å²) in [6.45, 7) is 0. The Morgan fingerprint density at radius 1 is 1.54 bits per heavy atom. The maximum absolute atomic E-state index is 13.0. The standard InChI is InChI=1S/C9H9ClF2O/c10-8(13)5-4-6-2-1-3-7(11)9(6)12/h3H,1-2,4-5H2. The summed E-state index contributed by atoms with van der Waals surface area (Å²) >= 11 is 5.09. The molecule has 0 bridgehead atoms. The molecule has 0 aliphatic heterocycles. The molecule has 0 N–H and O–H groups in total. The third-order valence-corrected chi connectivity index (χ3v) is 2.10. The second-order valence-corrected chi connectivity index (χ2v) is 3.28. The first-order valence-electron chi connectivity index (χ1n) is 4.03. The molecule has 0 atom stereocenters. The normalized spacial score (nSPS) is 17.3. The van der Waals surface area contributed by atoms with Crippen LogP contribution in [0.5, 0.6) is 0 Å². The van der Waals surface area contributed by atoms with E-state index in [9.17, 15) is 13.6 Å². The van der Waals surface area contributed by atoms with E-state index in [-0.39, 0.29) is 12.8 Å². The van der Waals surface area contributed by atoms with E-state index in [1.165, 1.54) is 6.08 Å². The van der Waals surface area contributed by atoms with Crippen molar-refractivity contribution in [2.45, 2.75) is 25.7 Å². The van der Waals surface area contributed by atoms with Crippen LogP contribution in [0.2, 0.25) is 0 Å². The van der Waals surface area contributed by atoms with Crippen molar-refractivity contribution in [1.29, 1.82) is 0 Å². The van der Waals surface area contributed by atoms with Gasteiger partial charge in [-0.15, -0.1) is 0 Å². The van der Waals surface area contributed by atoms with Gasteiger partial charge in [0, 0.05) is 6.42 Å². The second-order valence-electron chi connectivity index (χ2n) is 2.86. The van der Waals surface area contributed by atoms with Gasteiger partial charge in [0.05, 0.1) is 0 Å². The Balaban J connectivity index is 2.62. The van der Waals surface area contributed by atoms with Gasteiger partial charge in [-0.05, 0) is 42.5 Å². The highest BCUT2D eigenvalue weighted by molar-refractivity contribution is 6.63. The topological polar surface area (TPSA) is 17.1 Å². The van der Waals surface area contributed by atoms with Gasteiger partial charge < -0.3 is 0 Å². The molecule has 1 rings (SSSR count). The molecule has 0 amide bonds. The van der Waals surface area contributed by atoms with E-state index < -0.39 is 16.9 Å². The van der Waals surface area contributed by atoms with Gasteiger partial charge in [-0.25, -0.2) is 8.78 Å². The lowest BCUT2D eigenvalue weighted by molar-refractivity contribution is -0.111. The molecular weight excluding hydrogens is 198 g/mol. The summed E-state index contributed by atoms with van der Waals surface area (Å²) in [6, 6.07) is 0. The van der Waals surface area contributed by atoms with E-state index in [2.05, 4.69) is 0 Å². The van der Waals surface area contributed by atoms with Gasteiger partial charge in [0.2, 0.25) is 5.24 Å². The van der Waals surface area contributed by atoms with Crippen LogP contribution in [-0.2, 0) is 4.79 Å². The summed E-state index contributed by atoms with van der Waals surface area (Å²) in [5.41, 5.74) is 0.356. The van der Waals surface area contributed by atoms with Crippen molar-refractivity contribution in [2.24, 2.45) is 0 Å². The first-order valence-corrected chi connectivity index (χ1v) is 4.41. The Labute approximate surface area is 80.1 Å². The molecular formula is C9H9ClF2O. The van der Waals surface area contributed by atoms with Crippen LogP contribution >= 0.6 is 11.6 Å². The van der Waals surface area contributed by atoms with Crippen molar-refractivity contribution >= 4 is 16.8 Å². The molecule has 0 saturated heterocycles. The van der Waals surface area contributed by atoms with Crippen molar-refractivity contribution < 1.29 is 13.6 Å². The van der Waals surface area contributed by atoms with E-state index in [0.717, 1.165) is 0 Å². The van der Waals surface area contributed by atoms with E-state index in [1.54, 1.807) is 0 Å². The molecule has 0 aromatic heterocycles. The zero-order valence-electron chi connectivity index (χ0n) is 6.95. The van der Waals surface area contributed by atoms with Crippen molar-refractivity contribution in [2.75, 3.05) is 0 Å². The summed E-state index contributed by atoms with van der Waals surface area (Å²) < 4.78 is 25.6. The van der Waals surface area contributed by atoms with Gasteiger partial charge in [-0.2, -0.15) is 0 Å². The third kappa shape index (κ3) is 2.92. The van der Waals surface area contributed by atoms with Crippen LogP contribution in [0.1, 0.15) is 25.7 Å². The minimum atomic E-state index is -0.816. The Bertz CT molecular complexity index is 281. The quantitative estimate of drug-likeness (QED) is 0.647. The highest BCUT2D eigenvalue weighted by Gasteiger charge is 2.16. The molecule has 0 saturated carbocycles. The van der Waals surface area contributed by atoms with Crippen molar-refractivity contribution in [3.63, 3.8) is 0 Å². The van der Waals surface area contributed by atoms with Crippen LogP contribution in [0.4, 0.5) is 8.78 Å². The Kier molecular flexibility index (Phi) is 3.60. The van der Waals surface area contributed by atoms with Crippen LogP contribution in [0.25, 0.3) is 0 Å². The number of halogens is 3. The van der Waals surface area contributed by atoms with Gasteiger partial charge in [-0.3, -0.25) is 4.79 Å². The summed E-state index contributed by atoms with van der Waals surface area (Å²) in [5.74, 6) is -1.63. The molecule has 0 fully saturated rings. The van der Waals surface area contributed by atoms with E-state index in [4.69, 9.17) is 11.6 Å². The molecule has 1 aliphatic rings. The minimum Gasteiger partial charge on any atom is -0.281 e. The predicted octanol–water partition coefficient (Wildman–Crippen LogP) is 3.40. The van der Waals surface area contributed by atoms with Crippen LogP contribution in [0.15, 0.2) is 23.3 Å². The highest BCUT2D eigenvalue weighted by Crippen LogP contribution is 2.29. The maximum atomic E-state index is 13.0. The van der Waals surface area contributed by atoms with Crippen molar-refractivity contribution in [1.82, 2.24) is 0 Å². The fraction of sp³-hybridized carbons (Fsp3) is 0.444. The molecule has 0 spiro atoms. The molecule has 0 aromatic rings.